The van der Waals surface area contributed by atoms with Crippen molar-refractivity contribution in [3.05, 3.63) is 23.8 Å². The van der Waals surface area contributed by atoms with Gasteiger partial charge in [0.2, 0.25) is 0 Å². The summed E-state index contributed by atoms with van der Waals surface area (Å²) in [6, 6.07) is 4.23. The van der Waals surface area contributed by atoms with Gasteiger partial charge in [0.05, 0.1) is 5.56 Å². The van der Waals surface area contributed by atoms with Gasteiger partial charge in [-0.05, 0) is 18.2 Å². The van der Waals surface area contributed by atoms with E-state index in [1.54, 1.807) is 0 Å². The third-order valence-electron chi connectivity index (χ3n) is 1.22. The molecule has 12 heavy (non-hydrogen) atoms. The normalized spacial score (nSPS) is 8.67. The van der Waals surface area contributed by atoms with E-state index < -0.39 is 5.97 Å². The van der Waals surface area contributed by atoms with Gasteiger partial charge in [0.1, 0.15) is 0 Å². The van der Waals surface area contributed by atoms with Crippen LogP contribution in [0.25, 0.3) is 0 Å². The van der Waals surface area contributed by atoms with Crippen LogP contribution in [0.5, 0.6) is 0 Å². The molecule has 1 aromatic rings. The van der Waals surface area contributed by atoms with Gasteiger partial charge in [-0.15, -0.1) is 0 Å². The summed E-state index contributed by atoms with van der Waals surface area (Å²) in [6.07, 6.45) is 0. The van der Waals surface area contributed by atoms with Gasteiger partial charge in [0.15, 0.2) is 0 Å². The van der Waals surface area contributed by atoms with Crippen LogP contribution in [-0.2, 0) is 0 Å². The van der Waals surface area contributed by atoms with Crippen molar-refractivity contribution in [3.8, 4) is 0 Å². The Balaban J connectivity index is 0. The summed E-state index contributed by atoms with van der Waals surface area (Å²) in [6.45, 7) is 0. The number of carboxylic acids is 1. The molecule has 0 amide bonds. The minimum absolute atomic E-state index is 0. The molecule has 0 bridgehead atoms. The number of aromatic carboxylic acids is 1. The monoisotopic (exact) mass is 176 g/mol. The van der Waals surface area contributed by atoms with E-state index in [-0.39, 0.29) is 36.5 Å². The number of carbonyl (C=O) groups is 1. The first-order valence-electron chi connectivity index (χ1n) is 2.99. The van der Waals surface area contributed by atoms with Gasteiger partial charge in [-0.1, -0.05) is 0 Å². The first-order valence-corrected chi connectivity index (χ1v) is 2.99. The Kier molecular flexibility index (Phi) is 4.09. The van der Waals surface area contributed by atoms with Crippen LogP contribution in [0.15, 0.2) is 18.2 Å². The number of rotatable bonds is 1. The van der Waals surface area contributed by atoms with Gasteiger partial charge < -0.3 is 18.0 Å². The summed E-state index contributed by atoms with van der Waals surface area (Å²) in [5.41, 5.74) is 11.5. The van der Waals surface area contributed by atoms with Crippen molar-refractivity contribution in [3.63, 3.8) is 0 Å². The molecule has 5 heteroatoms. The van der Waals surface area contributed by atoms with E-state index in [0.717, 1.165) is 0 Å². The molecule has 0 aliphatic carbocycles. The van der Waals surface area contributed by atoms with E-state index in [1.807, 2.05) is 0 Å². The molecular formula is C7H9N2NaO2. The Morgan fingerprint density at radius 3 is 2.00 bits per heavy atom. The van der Waals surface area contributed by atoms with Crippen molar-refractivity contribution in [2.75, 3.05) is 11.5 Å². The maximum atomic E-state index is 10.4. The summed E-state index contributed by atoms with van der Waals surface area (Å²) in [5.74, 6) is -1.02. The van der Waals surface area contributed by atoms with Crippen molar-refractivity contribution in [2.45, 2.75) is 0 Å². The number of hydrogen-bond acceptors (Lipinski definition) is 3. The van der Waals surface area contributed by atoms with E-state index in [0.29, 0.717) is 11.4 Å². The van der Waals surface area contributed by atoms with Crippen molar-refractivity contribution in [1.82, 2.24) is 0 Å². The summed E-state index contributed by atoms with van der Waals surface area (Å²) in [5, 5.41) is 8.52. The van der Waals surface area contributed by atoms with Gasteiger partial charge >= 0.3 is 35.5 Å². The predicted molar refractivity (Wildman–Crippen MR) is 43.3 cm³/mol. The summed E-state index contributed by atoms with van der Waals surface area (Å²) < 4.78 is 0. The minimum Gasteiger partial charge on any atom is -1.00 e. The fourth-order valence-corrected chi connectivity index (χ4v) is 0.800. The summed E-state index contributed by atoms with van der Waals surface area (Å²) in [7, 11) is 0. The maximum absolute atomic E-state index is 10.4. The van der Waals surface area contributed by atoms with Gasteiger partial charge in [0.25, 0.3) is 0 Å². The first kappa shape index (κ1) is 11.3. The molecule has 60 valence electrons. The van der Waals surface area contributed by atoms with Gasteiger partial charge in [0, 0.05) is 11.4 Å². The zero-order chi connectivity index (χ0) is 8.43. The molecule has 1 rings (SSSR count). The van der Waals surface area contributed by atoms with Crippen LogP contribution in [-0.4, -0.2) is 11.1 Å². The van der Waals surface area contributed by atoms with E-state index >= 15 is 0 Å². The fourth-order valence-electron chi connectivity index (χ4n) is 0.800. The molecule has 0 fully saturated rings. The number of carboxylic acid groups (broad SMARTS) is 1. The van der Waals surface area contributed by atoms with Crippen molar-refractivity contribution < 1.29 is 40.9 Å². The second-order valence-electron chi connectivity index (χ2n) is 2.19. The molecule has 0 aromatic heterocycles. The van der Waals surface area contributed by atoms with Crippen molar-refractivity contribution >= 4 is 17.3 Å². The third-order valence-corrected chi connectivity index (χ3v) is 1.22. The molecule has 0 aliphatic rings. The SMILES string of the molecule is Nc1cc(N)cc(C(=O)O)c1.[H-].[Na+]. The molecule has 0 heterocycles. The molecule has 0 unspecified atom stereocenters. The Morgan fingerprint density at radius 1 is 1.25 bits per heavy atom. The zero-order valence-corrected chi connectivity index (χ0v) is 8.74. The molecule has 0 spiro atoms. The number of nitrogen functional groups attached to an aromatic ring is 2. The van der Waals surface area contributed by atoms with Crippen LogP contribution in [0.2, 0.25) is 0 Å². The Labute approximate surface area is 93.3 Å². The minimum atomic E-state index is -1.02. The summed E-state index contributed by atoms with van der Waals surface area (Å²) in [4.78, 5) is 10.4. The van der Waals surface area contributed by atoms with E-state index in [1.165, 1.54) is 18.2 Å². The standard InChI is InChI=1S/C7H8N2O2.Na.H/c8-5-1-4(7(10)11)2-6(9)3-5;;/h1-3H,8-9H2,(H,10,11);;/q;+1;-1. The van der Waals surface area contributed by atoms with Crippen LogP contribution >= 0.6 is 0 Å². The Morgan fingerprint density at radius 2 is 1.67 bits per heavy atom. The topological polar surface area (TPSA) is 89.3 Å². The molecular weight excluding hydrogens is 167 g/mol. The molecule has 1 aromatic carbocycles. The molecule has 0 atom stereocenters. The van der Waals surface area contributed by atoms with Crippen LogP contribution in [0, 0.1) is 0 Å². The first-order chi connectivity index (χ1) is 5.09. The van der Waals surface area contributed by atoms with Gasteiger partial charge in [-0.3, -0.25) is 0 Å². The molecule has 4 nitrogen and oxygen atoms in total. The maximum Gasteiger partial charge on any atom is 1.00 e. The van der Waals surface area contributed by atoms with Crippen LogP contribution in [0.3, 0.4) is 0 Å². The smallest absolute Gasteiger partial charge is 1.00 e. The summed E-state index contributed by atoms with van der Waals surface area (Å²) >= 11 is 0. The van der Waals surface area contributed by atoms with Gasteiger partial charge in [-0.2, -0.15) is 0 Å². The molecule has 0 saturated heterocycles. The number of benzene rings is 1. The second-order valence-corrected chi connectivity index (χ2v) is 2.19. The Hall–Kier alpha value is -0.710. The predicted octanol–water partition coefficient (Wildman–Crippen LogP) is -2.33. The zero-order valence-electron chi connectivity index (χ0n) is 7.74. The average molecular weight is 176 g/mol. The largest absolute Gasteiger partial charge is 1.00 e. The Bertz CT molecular complexity index is 286. The molecule has 5 N–H and O–H groups in total. The van der Waals surface area contributed by atoms with Crippen molar-refractivity contribution in [1.29, 1.82) is 0 Å². The van der Waals surface area contributed by atoms with E-state index in [4.69, 9.17) is 16.6 Å². The van der Waals surface area contributed by atoms with Crippen LogP contribution in [0.1, 0.15) is 11.8 Å². The molecule has 0 aliphatic heterocycles. The molecule has 0 radical (unpaired) electrons. The van der Waals surface area contributed by atoms with E-state index in [9.17, 15) is 4.79 Å². The second kappa shape index (κ2) is 4.35. The average Bonchev–Trinajstić information content (AvgIpc) is 1.85. The fraction of sp³-hybridized carbons (Fsp3) is 0. The van der Waals surface area contributed by atoms with Crippen molar-refractivity contribution in [2.24, 2.45) is 0 Å². The molecule has 0 saturated carbocycles. The number of nitrogens with two attached hydrogens (primary N) is 2. The van der Waals surface area contributed by atoms with Crippen LogP contribution in [0.4, 0.5) is 11.4 Å². The number of anilines is 2. The quantitative estimate of drug-likeness (QED) is 0.330. The van der Waals surface area contributed by atoms with E-state index in [2.05, 4.69) is 0 Å². The third kappa shape index (κ3) is 2.73. The van der Waals surface area contributed by atoms with Crippen LogP contribution < -0.4 is 41.0 Å². The number of hydrogen-bond donors (Lipinski definition) is 3. The van der Waals surface area contributed by atoms with Gasteiger partial charge in [-0.25, -0.2) is 4.79 Å².